The number of hydrogen-bond donors (Lipinski definition) is 2. The van der Waals surface area contributed by atoms with Crippen LogP contribution < -0.4 is 10.6 Å². The number of rotatable bonds is 4. The molecule has 0 atom stereocenters. The highest BCUT2D eigenvalue weighted by molar-refractivity contribution is 6.10. The smallest absolute Gasteiger partial charge is 0.123 e. The number of fused-ring (bicyclic) bond motifs is 1. The molecule has 0 fully saturated rings. The van der Waals surface area contributed by atoms with Crippen LogP contribution in [0, 0.1) is 5.41 Å². The number of nitrogens with two attached hydrogens (primary N) is 1. The Morgan fingerprint density at radius 1 is 1.06 bits per heavy atom. The molecular formula is C15H19N3. The molecule has 0 bridgehead atoms. The predicted molar refractivity (Wildman–Crippen MR) is 78.5 cm³/mol. The lowest BCUT2D eigenvalue weighted by Gasteiger charge is -2.23. The summed E-state index contributed by atoms with van der Waals surface area (Å²) in [6.07, 6.45) is 0. The Morgan fingerprint density at radius 2 is 1.67 bits per heavy atom. The van der Waals surface area contributed by atoms with Gasteiger partial charge in [0.2, 0.25) is 0 Å². The highest BCUT2D eigenvalue weighted by atomic mass is 15.1. The lowest BCUT2D eigenvalue weighted by molar-refractivity contribution is 0.870. The van der Waals surface area contributed by atoms with Crippen LogP contribution in [0.1, 0.15) is 19.4 Å². The maximum Gasteiger partial charge on any atom is 0.123 e. The van der Waals surface area contributed by atoms with Crippen LogP contribution in [0.4, 0.5) is 5.69 Å². The number of benzene rings is 2. The van der Waals surface area contributed by atoms with Gasteiger partial charge < -0.3 is 10.6 Å². The van der Waals surface area contributed by atoms with Crippen molar-refractivity contribution in [2.75, 3.05) is 18.0 Å². The Hall–Kier alpha value is -2.03. The van der Waals surface area contributed by atoms with Gasteiger partial charge in [0, 0.05) is 29.7 Å². The van der Waals surface area contributed by atoms with Gasteiger partial charge in [-0.25, -0.2) is 0 Å². The van der Waals surface area contributed by atoms with E-state index in [0.717, 1.165) is 29.4 Å². The van der Waals surface area contributed by atoms with Crippen LogP contribution in [-0.2, 0) is 0 Å². The normalized spacial score (nSPS) is 10.6. The third kappa shape index (κ3) is 2.04. The largest absolute Gasteiger partial charge is 0.384 e. The van der Waals surface area contributed by atoms with E-state index in [4.69, 9.17) is 11.1 Å². The van der Waals surface area contributed by atoms with E-state index in [0.29, 0.717) is 0 Å². The van der Waals surface area contributed by atoms with Crippen LogP contribution in [0.2, 0.25) is 0 Å². The van der Waals surface area contributed by atoms with Crippen LogP contribution in [0.15, 0.2) is 36.4 Å². The van der Waals surface area contributed by atoms with Gasteiger partial charge in [0.25, 0.3) is 0 Å². The molecular weight excluding hydrogens is 222 g/mol. The van der Waals surface area contributed by atoms with Crippen LogP contribution in [0.3, 0.4) is 0 Å². The second kappa shape index (κ2) is 5.08. The molecule has 0 unspecified atom stereocenters. The summed E-state index contributed by atoms with van der Waals surface area (Å²) < 4.78 is 0. The number of nitrogen functional groups attached to an aromatic ring is 1. The highest BCUT2D eigenvalue weighted by Crippen LogP contribution is 2.29. The zero-order chi connectivity index (χ0) is 13.1. The van der Waals surface area contributed by atoms with Gasteiger partial charge in [0.05, 0.1) is 0 Å². The van der Waals surface area contributed by atoms with Crippen LogP contribution in [0.25, 0.3) is 10.8 Å². The molecule has 18 heavy (non-hydrogen) atoms. The van der Waals surface area contributed by atoms with Crippen molar-refractivity contribution in [2.45, 2.75) is 13.8 Å². The van der Waals surface area contributed by atoms with Gasteiger partial charge in [-0.1, -0.05) is 24.3 Å². The lowest BCUT2D eigenvalue weighted by atomic mass is 10.0. The second-order valence-corrected chi connectivity index (χ2v) is 4.26. The highest BCUT2D eigenvalue weighted by Gasteiger charge is 2.10. The minimum absolute atomic E-state index is 0.122. The van der Waals surface area contributed by atoms with E-state index in [-0.39, 0.29) is 5.84 Å². The molecule has 94 valence electrons. The van der Waals surface area contributed by atoms with E-state index < -0.39 is 0 Å². The van der Waals surface area contributed by atoms with E-state index >= 15 is 0 Å². The Morgan fingerprint density at radius 3 is 2.22 bits per heavy atom. The Bertz CT molecular complexity index is 571. The molecule has 0 heterocycles. The van der Waals surface area contributed by atoms with E-state index in [9.17, 15) is 0 Å². The number of nitrogens with one attached hydrogen (secondary N) is 1. The van der Waals surface area contributed by atoms with E-state index in [1.807, 2.05) is 24.3 Å². The fourth-order valence-corrected chi connectivity index (χ4v) is 2.36. The fourth-order valence-electron chi connectivity index (χ4n) is 2.36. The topological polar surface area (TPSA) is 53.1 Å². The predicted octanol–water partition coefficient (Wildman–Crippen LogP) is 2.97. The molecule has 0 radical (unpaired) electrons. The summed E-state index contributed by atoms with van der Waals surface area (Å²) in [7, 11) is 0. The zero-order valence-corrected chi connectivity index (χ0v) is 10.9. The first-order valence-electron chi connectivity index (χ1n) is 6.30. The summed E-state index contributed by atoms with van der Waals surface area (Å²) in [5.74, 6) is 0.122. The lowest BCUT2D eigenvalue weighted by Crippen LogP contribution is -2.22. The van der Waals surface area contributed by atoms with E-state index in [1.54, 1.807) is 0 Å². The van der Waals surface area contributed by atoms with Gasteiger partial charge in [-0.05, 0) is 31.4 Å². The van der Waals surface area contributed by atoms with Gasteiger partial charge in [-0.3, -0.25) is 5.41 Å². The molecule has 3 N–H and O–H groups in total. The minimum Gasteiger partial charge on any atom is -0.384 e. The Labute approximate surface area is 108 Å². The molecule has 0 saturated carbocycles. The van der Waals surface area contributed by atoms with Gasteiger partial charge >= 0.3 is 0 Å². The van der Waals surface area contributed by atoms with Crippen molar-refractivity contribution < 1.29 is 0 Å². The molecule has 2 rings (SSSR count). The molecule has 0 aliphatic carbocycles. The van der Waals surface area contributed by atoms with Gasteiger partial charge in [0.15, 0.2) is 0 Å². The Balaban J connectivity index is 2.71. The van der Waals surface area contributed by atoms with Crippen LogP contribution >= 0.6 is 0 Å². The Kier molecular flexibility index (Phi) is 3.51. The average molecular weight is 241 g/mol. The monoisotopic (exact) mass is 241 g/mol. The molecule has 0 aliphatic heterocycles. The van der Waals surface area contributed by atoms with Crippen molar-refractivity contribution in [2.24, 2.45) is 5.73 Å². The second-order valence-electron chi connectivity index (χ2n) is 4.26. The standard InChI is InChI=1S/C15H19N3/c1-3-18(4-2)14-10-9-13(15(16)17)11-7-5-6-8-12(11)14/h5-10H,3-4H2,1-2H3,(H3,16,17). The first-order chi connectivity index (χ1) is 8.69. The fraction of sp³-hybridized carbons (Fsp3) is 0.267. The molecule has 0 amide bonds. The third-order valence-electron chi connectivity index (χ3n) is 3.30. The SMILES string of the molecule is CCN(CC)c1ccc(C(=N)N)c2ccccc12. The summed E-state index contributed by atoms with van der Waals surface area (Å²) in [5.41, 5.74) is 7.66. The summed E-state index contributed by atoms with van der Waals surface area (Å²) in [4.78, 5) is 2.31. The van der Waals surface area contributed by atoms with Crippen LogP contribution in [0.5, 0.6) is 0 Å². The maximum atomic E-state index is 7.65. The number of hydrogen-bond acceptors (Lipinski definition) is 2. The molecule has 0 spiro atoms. The van der Waals surface area contributed by atoms with Crippen molar-refractivity contribution in [3.63, 3.8) is 0 Å². The number of anilines is 1. The summed E-state index contributed by atoms with van der Waals surface area (Å²) in [6.45, 7) is 6.24. The molecule has 2 aromatic carbocycles. The van der Waals surface area contributed by atoms with Gasteiger partial charge in [-0.2, -0.15) is 0 Å². The molecule has 0 aliphatic rings. The van der Waals surface area contributed by atoms with Crippen LogP contribution in [-0.4, -0.2) is 18.9 Å². The quantitative estimate of drug-likeness (QED) is 0.638. The van der Waals surface area contributed by atoms with Crippen molar-refractivity contribution in [3.8, 4) is 0 Å². The zero-order valence-electron chi connectivity index (χ0n) is 10.9. The molecule has 0 saturated heterocycles. The van der Waals surface area contributed by atoms with E-state index in [2.05, 4.69) is 30.9 Å². The maximum absolute atomic E-state index is 7.65. The summed E-state index contributed by atoms with van der Waals surface area (Å²) in [5, 5.41) is 9.86. The number of amidine groups is 1. The van der Waals surface area contributed by atoms with Gasteiger partial charge in [-0.15, -0.1) is 0 Å². The average Bonchev–Trinajstić information content (AvgIpc) is 2.39. The van der Waals surface area contributed by atoms with Crippen molar-refractivity contribution in [1.82, 2.24) is 0 Å². The third-order valence-corrected chi connectivity index (χ3v) is 3.30. The minimum atomic E-state index is 0.122. The van der Waals surface area contributed by atoms with E-state index in [1.165, 1.54) is 5.69 Å². The first kappa shape index (κ1) is 12.4. The molecule has 0 aromatic heterocycles. The van der Waals surface area contributed by atoms with Crippen molar-refractivity contribution in [3.05, 3.63) is 42.0 Å². The number of nitrogens with zero attached hydrogens (tertiary/aromatic N) is 1. The van der Waals surface area contributed by atoms with Crippen molar-refractivity contribution in [1.29, 1.82) is 5.41 Å². The summed E-state index contributed by atoms with van der Waals surface area (Å²) >= 11 is 0. The van der Waals surface area contributed by atoms with Crippen molar-refractivity contribution >= 4 is 22.3 Å². The molecule has 3 nitrogen and oxygen atoms in total. The first-order valence-corrected chi connectivity index (χ1v) is 6.30. The summed E-state index contributed by atoms with van der Waals surface area (Å²) in [6, 6.07) is 12.1. The molecule has 3 heteroatoms. The molecule has 2 aromatic rings. The van der Waals surface area contributed by atoms with Gasteiger partial charge in [0.1, 0.15) is 5.84 Å².